The van der Waals surface area contributed by atoms with Crippen LogP contribution in [0, 0.1) is 0 Å². The van der Waals surface area contributed by atoms with Gasteiger partial charge in [-0.15, -0.1) is 11.8 Å². The number of amides is 1. The van der Waals surface area contributed by atoms with Gasteiger partial charge < -0.3 is 29.4 Å². The largest absolute Gasteiger partial charge is 0.465 e. The van der Waals surface area contributed by atoms with Crippen LogP contribution in [-0.2, 0) is 28.5 Å². The number of hydrogen-bond donors (Lipinski definition) is 2. The van der Waals surface area contributed by atoms with Gasteiger partial charge in [0.1, 0.15) is 23.7 Å². The van der Waals surface area contributed by atoms with Gasteiger partial charge in [0.05, 0.1) is 18.8 Å². The number of ether oxygens (including phenoxy) is 4. The summed E-state index contributed by atoms with van der Waals surface area (Å²) < 4.78 is 20.9. The van der Waals surface area contributed by atoms with Crippen molar-refractivity contribution in [2.24, 2.45) is 0 Å². The Morgan fingerprint density at radius 3 is 2.32 bits per heavy atom. The Morgan fingerprint density at radius 1 is 1.12 bits per heavy atom. The quantitative estimate of drug-likeness (QED) is 0.294. The Hall–Kier alpha value is -2.14. The number of methoxy groups -OCH3 is 1. The number of carbonyl (C=O) groups excluding carboxylic acids is 3. The van der Waals surface area contributed by atoms with Crippen LogP contribution in [0.15, 0.2) is 30.3 Å². The number of benzene rings is 1. The van der Waals surface area contributed by atoms with E-state index in [9.17, 15) is 19.5 Å². The topological polar surface area (TPSA) is 120 Å². The Labute approximate surface area is 205 Å². The summed E-state index contributed by atoms with van der Waals surface area (Å²) >= 11 is 1.02. The third-order valence-corrected chi connectivity index (χ3v) is 5.78. The Morgan fingerprint density at radius 2 is 1.76 bits per heavy atom. The fraction of sp³-hybridized carbons (Fsp3) is 0.625. The van der Waals surface area contributed by atoms with Gasteiger partial charge in [0.15, 0.2) is 0 Å². The maximum Gasteiger partial charge on any atom is 0.330 e. The maximum absolute atomic E-state index is 12.8. The summed E-state index contributed by atoms with van der Waals surface area (Å²) in [6.07, 6.45) is -1.35. The lowest BCUT2D eigenvalue weighted by molar-refractivity contribution is -0.156. The minimum atomic E-state index is -1.11. The SMILES string of the molecule is CCOC(=O)C(SC[C@@H](NC(=O)c1ccccc1)C(=O)OC(C)(C)C)C(O)C[C@H](C)OCOC. The van der Waals surface area contributed by atoms with Crippen LogP contribution in [0.3, 0.4) is 0 Å². The molecule has 0 saturated heterocycles. The van der Waals surface area contributed by atoms with Crippen molar-refractivity contribution in [3.63, 3.8) is 0 Å². The van der Waals surface area contributed by atoms with Crippen molar-refractivity contribution in [2.75, 3.05) is 26.3 Å². The predicted molar refractivity (Wildman–Crippen MR) is 129 cm³/mol. The molecule has 2 unspecified atom stereocenters. The maximum atomic E-state index is 12.8. The second-order valence-corrected chi connectivity index (χ2v) is 9.79. The van der Waals surface area contributed by atoms with E-state index in [1.54, 1.807) is 65.0 Å². The molecule has 0 spiro atoms. The van der Waals surface area contributed by atoms with Crippen molar-refractivity contribution in [3.05, 3.63) is 35.9 Å². The Kier molecular flexibility index (Phi) is 13.2. The smallest absolute Gasteiger partial charge is 0.330 e. The molecule has 0 radical (unpaired) electrons. The van der Waals surface area contributed by atoms with Crippen molar-refractivity contribution in [3.8, 4) is 0 Å². The van der Waals surface area contributed by atoms with E-state index < -0.39 is 40.8 Å². The van der Waals surface area contributed by atoms with Crippen LogP contribution in [0.4, 0.5) is 0 Å². The van der Waals surface area contributed by atoms with Gasteiger partial charge in [0, 0.05) is 24.8 Å². The number of aliphatic hydroxyl groups is 1. The van der Waals surface area contributed by atoms with Gasteiger partial charge in [-0.2, -0.15) is 0 Å². The number of esters is 2. The van der Waals surface area contributed by atoms with Crippen LogP contribution < -0.4 is 5.32 Å². The van der Waals surface area contributed by atoms with Gasteiger partial charge in [-0.1, -0.05) is 18.2 Å². The van der Waals surface area contributed by atoms with Crippen molar-refractivity contribution >= 4 is 29.6 Å². The molecule has 2 N–H and O–H groups in total. The van der Waals surface area contributed by atoms with Gasteiger partial charge in [-0.25, -0.2) is 4.79 Å². The van der Waals surface area contributed by atoms with Gasteiger partial charge in [0.2, 0.25) is 0 Å². The molecule has 0 aliphatic rings. The first kappa shape index (κ1) is 29.9. The fourth-order valence-electron chi connectivity index (χ4n) is 2.85. The molecule has 9 nitrogen and oxygen atoms in total. The van der Waals surface area contributed by atoms with E-state index in [-0.39, 0.29) is 31.7 Å². The molecule has 0 heterocycles. The lowest BCUT2D eigenvalue weighted by atomic mass is 10.1. The number of thioether (sulfide) groups is 1. The third-order valence-electron chi connectivity index (χ3n) is 4.39. The molecule has 0 aliphatic heterocycles. The van der Waals surface area contributed by atoms with E-state index in [0.29, 0.717) is 5.56 Å². The highest BCUT2D eigenvalue weighted by Gasteiger charge is 2.34. The Bertz CT molecular complexity index is 768. The van der Waals surface area contributed by atoms with Crippen molar-refractivity contribution < 1.29 is 38.4 Å². The summed E-state index contributed by atoms with van der Waals surface area (Å²) in [4.78, 5) is 38.1. The molecular weight excluding hydrogens is 462 g/mol. The summed E-state index contributed by atoms with van der Waals surface area (Å²) in [5.74, 6) is -1.72. The van der Waals surface area contributed by atoms with Gasteiger partial charge in [-0.3, -0.25) is 9.59 Å². The number of aliphatic hydroxyl groups excluding tert-OH is 1. The van der Waals surface area contributed by atoms with E-state index >= 15 is 0 Å². The van der Waals surface area contributed by atoms with E-state index in [2.05, 4.69) is 5.32 Å². The highest BCUT2D eigenvalue weighted by molar-refractivity contribution is 8.00. The van der Waals surface area contributed by atoms with E-state index in [4.69, 9.17) is 18.9 Å². The molecule has 1 rings (SSSR count). The molecule has 10 heteroatoms. The molecule has 0 saturated carbocycles. The average molecular weight is 500 g/mol. The fourth-order valence-corrected chi connectivity index (χ4v) is 4.01. The molecule has 4 atom stereocenters. The molecular formula is C24H37NO8S. The van der Waals surface area contributed by atoms with Crippen molar-refractivity contribution in [1.82, 2.24) is 5.32 Å². The number of rotatable bonds is 14. The second-order valence-electron chi connectivity index (χ2n) is 8.62. The lowest BCUT2D eigenvalue weighted by Crippen LogP contribution is -2.47. The lowest BCUT2D eigenvalue weighted by Gasteiger charge is -2.27. The highest BCUT2D eigenvalue weighted by atomic mass is 32.2. The van der Waals surface area contributed by atoms with E-state index in [1.807, 2.05) is 0 Å². The van der Waals surface area contributed by atoms with Crippen LogP contribution in [0.5, 0.6) is 0 Å². The van der Waals surface area contributed by atoms with Crippen molar-refractivity contribution in [1.29, 1.82) is 0 Å². The summed E-state index contributed by atoms with van der Waals surface area (Å²) in [7, 11) is 1.49. The monoisotopic (exact) mass is 499 g/mol. The molecule has 1 amide bonds. The van der Waals surface area contributed by atoms with Gasteiger partial charge in [-0.05, 0) is 46.8 Å². The first-order valence-corrected chi connectivity index (χ1v) is 12.2. The minimum absolute atomic E-state index is 0.0126. The van der Waals surface area contributed by atoms with Crippen LogP contribution in [-0.4, -0.2) is 78.3 Å². The second kappa shape index (κ2) is 15.0. The number of carbonyl (C=O) groups is 3. The molecule has 0 fully saturated rings. The minimum Gasteiger partial charge on any atom is -0.465 e. The zero-order valence-corrected chi connectivity index (χ0v) is 21.6. The summed E-state index contributed by atoms with van der Waals surface area (Å²) in [5.41, 5.74) is -0.391. The Balaban J connectivity index is 2.99. The zero-order valence-electron chi connectivity index (χ0n) is 20.7. The average Bonchev–Trinajstić information content (AvgIpc) is 2.76. The predicted octanol–water partition coefficient (Wildman–Crippen LogP) is 2.55. The normalized spacial score (nSPS) is 15.0. The molecule has 1 aromatic rings. The standard InChI is InChI=1S/C24H37NO8S/c1-7-31-23(29)20(19(26)13-16(2)32-15-30-6)34-14-18(22(28)33-24(3,4)5)25-21(27)17-11-9-8-10-12-17/h8-12,16,18-20,26H,7,13-15H2,1-6H3,(H,25,27)/t16-,18+,19?,20?/m0/s1. The first-order valence-electron chi connectivity index (χ1n) is 11.1. The van der Waals surface area contributed by atoms with Crippen LogP contribution in [0.25, 0.3) is 0 Å². The van der Waals surface area contributed by atoms with Crippen molar-refractivity contribution in [2.45, 2.75) is 70.1 Å². The number of nitrogens with one attached hydrogen (secondary N) is 1. The van der Waals surface area contributed by atoms with E-state index in [0.717, 1.165) is 11.8 Å². The van der Waals surface area contributed by atoms with Crippen LogP contribution in [0.2, 0.25) is 0 Å². The summed E-state index contributed by atoms with van der Waals surface area (Å²) in [5, 5.41) is 12.4. The molecule has 0 aliphatic carbocycles. The molecule has 0 bridgehead atoms. The first-order chi connectivity index (χ1) is 16.0. The molecule has 1 aromatic carbocycles. The summed E-state index contributed by atoms with van der Waals surface area (Å²) in [6.45, 7) is 8.77. The molecule has 34 heavy (non-hydrogen) atoms. The van der Waals surface area contributed by atoms with Gasteiger partial charge in [0.25, 0.3) is 5.91 Å². The highest BCUT2D eigenvalue weighted by Crippen LogP contribution is 2.23. The van der Waals surface area contributed by atoms with Gasteiger partial charge >= 0.3 is 11.9 Å². The summed E-state index contributed by atoms with van der Waals surface area (Å²) in [6, 6.07) is 7.41. The van der Waals surface area contributed by atoms with E-state index in [1.165, 1.54) is 7.11 Å². The molecule has 0 aromatic heterocycles. The molecule has 192 valence electrons. The van der Waals surface area contributed by atoms with Crippen LogP contribution in [0.1, 0.15) is 51.4 Å². The zero-order chi connectivity index (χ0) is 25.7. The van der Waals surface area contributed by atoms with Crippen LogP contribution >= 0.6 is 11.8 Å². The number of hydrogen-bond acceptors (Lipinski definition) is 9. The third kappa shape index (κ3) is 11.3.